The van der Waals surface area contributed by atoms with Crippen LogP contribution in [0, 0.1) is 0 Å². The number of carbonyl (C=O) groups is 1. The molecule has 2 heterocycles. The molecule has 166 valence electrons. The second kappa shape index (κ2) is 10.1. The van der Waals surface area contributed by atoms with E-state index in [4.69, 9.17) is 18.9 Å². The van der Waals surface area contributed by atoms with E-state index in [1.165, 1.54) is 11.8 Å². The predicted octanol–water partition coefficient (Wildman–Crippen LogP) is 3.57. The van der Waals surface area contributed by atoms with Crippen molar-refractivity contribution in [3.05, 3.63) is 54.1 Å². The van der Waals surface area contributed by atoms with E-state index >= 15 is 0 Å². The molecule has 0 saturated heterocycles. The Morgan fingerprint density at radius 3 is 2.62 bits per heavy atom. The van der Waals surface area contributed by atoms with E-state index in [-0.39, 0.29) is 18.5 Å². The minimum absolute atomic E-state index is 0.158. The molecule has 10 heteroatoms. The number of carbonyl (C=O) groups excluding carboxylic acids is 1. The van der Waals surface area contributed by atoms with E-state index in [0.717, 1.165) is 17.1 Å². The summed E-state index contributed by atoms with van der Waals surface area (Å²) >= 11 is 1.30. The average molecular weight is 455 g/mol. The van der Waals surface area contributed by atoms with Crippen molar-refractivity contribution in [2.24, 2.45) is 0 Å². The molecular weight excluding hydrogens is 432 g/mol. The lowest BCUT2D eigenvalue weighted by Crippen LogP contribution is -2.14. The number of ether oxygens (including phenoxy) is 4. The van der Waals surface area contributed by atoms with Gasteiger partial charge in [-0.05, 0) is 42.0 Å². The van der Waals surface area contributed by atoms with E-state index in [1.807, 2.05) is 30.3 Å². The molecule has 1 aromatic heterocycles. The van der Waals surface area contributed by atoms with Gasteiger partial charge in [-0.2, -0.15) is 0 Å². The number of hydrogen-bond acceptors (Lipinski definition) is 9. The number of anilines is 2. The van der Waals surface area contributed by atoms with Crippen LogP contribution in [-0.2, 0) is 11.3 Å². The average Bonchev–Trinajstić information content (AvgIpc) is 3.30. The molecule has 4 rings (SSSR count). The van der Waals surface area contributed by atoms with Crippen LogP contribution in [0.3, 0.4) is 0 Å². The zero-order valence-corrected chi connectivity index (χ0v) is 18.4. The maximum absolute atomic E-state index is 12.3. The normalized spacial score (nSPS) is 11.7. The van der Waals surface area contributed by atoms with Crippen LogP contribution >= 0.6 is 11.8 Å². The molecule has 1 aliphatic heterocycles. The molecule has 1 aliphatic rings. The van der Waals surface area contributed by atoms with Crippen molar-refractivity contribution in [1.29, 1.82) is 0 Å². The SMILES string of the molecule is COc1ccc(NC(=O)CSc2ccc(NCc3ccc4c(c3)OCO4)nn2)cc1OC. The topological polar surface area (TPSA) is 104 Å². The third-order valence-corrected chi connectivity index (χ3v) is 5.49. The van der Waals surface area contributed by atoms with E-state index in [9.17, 15) is 4.79 Å². The van der Waals surface area contributed by atoms with E-state index in [1.54, 1.807) is 32.4 Å². The third-order valence-electron chi connectivity index (χ3n) is 4.57. The van der Waals surface area contributed by atoms with Crippen LogP contribution in [0.15, 0.2) is 53.6 Å². The van der Waals surface area contributed by atoms with Crippen LogP contribution < -0.4 is 29.6 Å². The molecule has 0 radical (unpaired) electrons. The Labute approximate surface area is 189 Å². The minimum Gasteiger partial charge on any atom is -0.493 e. The van der Waals surface area contributed by atoms with Crippen molar-refractivity contribution < 1.29 is 23.7 Å². The van der Waals surface area contributed by atoms with Crippen LogP contribution in [0.2, 0.25) is 0 Å². The maximum atomic E-state index is 12.3. The fraction of sp³-hybridized carbons (Fsp3) is 0.227. The van der Waals surface area contributed by atoms with Gasteiger partial charge in [-0.25, -0.2) is 0 Å². The van der Waals surface area contributed by atoms with E-state index in [2.05, 4.69) is 20.8 Å². The summed E-state index contributed by atoms with van der Waals surface area (Å²) in [5.74, 6) is 3.33. The molecule has 0 spiro atoms. The first kappa shape index (κ1) is 21.6. The smallest absolute Gasteiger partial charge is 0.234 e. The Morgan fingerprint density at radius 2 is 1.84 bits per heavy atom. The van der Waals surface area contributed by atoms with Gasteiger partial charge in [0.2, 0.25) is 12.7 Å². The highest BCUT2D eigenvalue weighted by molar-refractivity contribution is 7.99. The third kappa shape index (κ3) is 5.33. The quantitative estimate of drug-likeness (QED) is 0.470. The van der Waals surface area contributed by atoms with Gasteiger partial charge in [0, 0.05) is 18.3 Å². The van der Waals surface area contributed by atoms with Gasteiger partial charge < -0.3 is 29.6 Å². The number of benzene rings is 2. The van der Waals surface area contributed by atoms with Crippen LogP contribution in [0.5, 0.6) is 23.0 Å². The van der Waals surface area contributed by atoms with Gasteiger partial charge in [-0.3, -0.25) is 4.79 Å². The van der Waals surface area contributed by atoms with E-state index in [0.29, 0.717) is 34.6 Å². The van der Waals surface area contributed by atoms with Gasteiger partial charge in [0.25, 0.3) is 0 Å². The van der Waals surface area contributed by atoms with Crippen molar-refractivity contribution in [2.45, 2.75) is 11.6 Å². The number of nitrogens with zero attached hydrogens (tertiary/aromatic N) is 2. The lowest BCUT2D eigenvalue weighted by atomic mass is 10.2. The van der Waals surface area contributed by atoms with Gasteiger partial charge in [-0.1, -0.05) is 17.8 Å². The van der Waals surface area contributed by atoms with E-state index < -0.39 is 0 Å². The molecule has 0 atom stereocenters. The van der Waals surface area contributed by atoms with Crippen LogP contribution in [0.1, 0.15) is 5.56 Å². The molecule has 32 heavy (non-hydrogen) atoms. The predicted molar refractivity (Wildman–Crippen MR) is 121 cm³/mol. The van der Waals surface area contributed by atoms with Crippen molar-refractivity contribution in [1.82, 2.24) is 10.2 Å². The first-order chi connectivity index (χ1) is 15.6. The summed E-state index contributed by atoms with van der Waals surface area (Å²) in [4.78, 5) is 12.3. The van der Waals surface area contributed by atoms with Gasteiger partial charge in [-0.15, -0.1) is 10.2 Å². The molecule has 0 saturated carbocycles. The van der Waals surface area contributed by atoms with Crippen molar-refractivity contribution in [3.63, 3.8) is 0 Å². The van der Waals surface area contributed by atoms with Crippen LogP contribution in [-0.4, -0.2) is 42.9 Å². The Morgan fingerprint density at radius 1 is 1.00 bits per heavy atom. The Balaban J connectivity index is 1.25. The Bertz CT molecular complexity index is 1090. The summed E-state index contributed by atoms with van der Waals surface area (Å²) in [6.45, 7) is 0.828. The molecule has 0 aliphatic carbocycles. The minimum atomic E-state index is -0.158. The first-order valence-corrected chi connectivity index (χ1v) is 10.7. The zero-order valence-electron chi connectivity index (χ0n) is 17.6. The summed E-state index contributed by atoms with van der Waals surface area (Å²) in [5, 5.41) is 15.0. The molecule has 3 aromatic rings. The highest BCUT2D eigenvalue weighted by atomic mass is 32.2. The summed E-state index contributed by atoms with van der Waals surface area (Å²) in [6.07, 6.45) is 0. The van der Waals surface area contributed by atoms with Crippen molar-refractivity contribution in [2.75, 3.05) is 37.4 Å². The first-order valence-electron chi connectivity index (χ1n) is 9.75. The van der Waals surface area contributed by atoms with Crippen molar-refractivity contribution >= 4 is 29.2 Å². The highest BCUT2D eigenvalue weighted by Gasteiger charge is 2.13. The molecule has 2 N–H and O–H groups in total. The molecule has 0 bridgehead atoms. The number of methoxy groups -OCH3 is 2. The molecule has 1 amide bonds. The number of rotatable bonds is 9. The number of hydrogen-bond donors (Lipinski definition) is 2. The molecule has 2 aromatic carbocycles. The van der Waals surface area contributed by atoms with Gasteiger partial charge >= 0.3 is 0 Å². The second-order valence-electron chi connectivity index (χ2n) is 6.70. The van der Waals surface area contributed by atoms with Gasteiger partial charge in [0.05, 0.1) is 20.0 Å². The summed E-state index contributed by atoms with van der Waals surface area (Å²) in [5.41, 5.74) is 1.67. The molecule has 0 unspecified atom stereocenters. The maximum Gasteiger partial charge on any atom is 0.234 e. The summed E-state index contributed by atoms with van der Waals surface area (Å²) in [6, 6.07) is 14.6. The Hall–Kier alpha value is -3.66. The molecular formula is C22H22N4O5S. The number of nitrogens with one attached hydrogen (secondary N) is 2. The number of thioether (sulfide) groups is 1. The summed E-state index contributed by atoms with van der Waals surface area (Å²) < 4.78 is 21.2. The fourth-order valence-corrected chi connectivity index (χ4v) is 3.60. The number of fused-ring (bicyclic) bond motifs is 1. The number of aromatic nitrogens is 2. The second-order valence-corrected chi connectivity index (χ2v) is 7.70. The Kier molecular flexibility index (Phi) is 6.81. The number of amides is 1. The standard InChI is InChI=1S/C22H22N4O5S/c1-28-16-6-4-15(10-18(16)29-2)24-21(27)12-32-22-8-7-20(25-26-22)23-11-14-3-5-17-19(9-14)31-13-30-17/h3-10H,11-13H2,1-2H3,(H,23,25)(H,24,27). The van der Waals surface area contributed by atoms with Crippen LogP contribution in [0.25, 0.3) is 0 Å². The molecule has 0 fully saturated rings. The fourth-order valence-electron chi connectivity index (χ4n) is 2.99. The van der Waals surface area contributed by atoms with Crippen LogP contribution in [0.4, 0.5) is 11.5 Å². The molecule has 9 nitrogen and oxygen atoms in total. The zero-order chi connectivity index (χ0) is 22.3. The largest absolute Gasteiger partial charge is 0.493 e. The summed E-state index contributed by atoms with van der Waals surface area (Å²) in [7, 11) is 3.11. The van der Waals surface area contributed by atoms with Crippen molar-refractivity contribution in [3.8, 4) is 23.0 Å². The van der Waals surface area contributed by atoms with Gasteiger partial charge in [0.15, 0.2) is 23.0 Å². The lowest BCUT2D eigenvalue weighted by Gasteiger charge is -2.10. The highest BCUT2D eigenvalue weighted by Crippen LogP contribution is 2.33. The lowest BCUT2D eigenvalue weighted by molar-refractivity contribution is -0.113. The monoisotopic (exact) mass is 454 g/mol. The van der Waals surface area contributed by atoms with Gasteiger partial charge in [0.1, 0.15) is 10.8 Å².